The van der Waals surface area contributed by atoms with Crippen molar-refractivity contribution in [1.29, 1.82) is 0 Å². The van der Waals surface area contributed by atoms with Crippen LogP contribution in [-0.2, 0) is 13.1 Å². The van der Waals surface area contributed by atoms with Crippen LogP contribution >= 0.6 is 24.0 Å². The first-order chi connectivity index (χ1) is 13.0. The van der Waals surface area contributed by atoms with Gasteiger partial charge in [0.1, 0.15) is 11.4 Å². The van der Waals surface area contributed by atoms with Gasteiger partial charge in [-0.15, -0.1) is 34.2 Å². The quantitative estimate of drug-likeness (QED) is 0.323. The standard InChI is InChI=1S/C20H26N6O.HI/c1-20(2,3)27-16-10-6-5-9-15(16)13-22-19(21-4)23-14-18-25-24-17-11-7-8-12-26(17)18;/h5-12H,13-14H2,1-4H3,(H2,21,22,23);1H. The summed E-state index contributed by atoms with van der Waals surface area (Å²) in [5, 5.41) is 15.0. The van der Waals surface area contributed by atoms with Gasteiger partial charge in [-0.1, -0.05) is 24.3 Å². The molecule has 0 radical (unpaired) electrons. The number of para-hydroxylation sites is 1. The van der Waals surface area contributed by atoms with E-state index in [4.69, 9.17) is 4.74 Å². The van der Waals surface area contributed by atoms with Crippen molar-refractivity contribution in [2.75, 3.05) is 7.05 Å². The molecule has 0 aliphatic heterocycles. The zero-order valence-corrected chi connectivity index (χ0v) is 19.0. The Morgan fingerprint density at radius 3 is 2.50 bits per heavy atom. The molecule has 0 saturated carbocycles. The molecule has 28 heavy (non-hydrogen) atoms. The summed E-state index contributed by atoms with van der Waals surface area (Å²) < 4.78 is 8.00. The molecule has 0 fully saturated rings. The van der Waals surface area contributed by atoms with Crippen molar-refractivity contribution in [3.8, 4) is 5.75 Å². The highest BCUT2D eigenvalue weighted by atomic mass is 127. The molecule has 1 aromatic carbocycles. The van der Waals surface area contributed by atoms with E-state index in [2.05, 4.69) is 25.8 Å². The SMILES string of the molecule is CN=C(NCc1ccccc1OC(C)(C)C)NCc1nnc2ccccn12.I. The second-order valence-corrected chi connectivity index (χ2v) is 7.15. The smallest absolute Gasteiger partial charge is 0.191 e. The average molecular weight is 494 g/mol. The van der Waals surface area contributed by atoms with Gasteiger partial charge >= 0.3 is 0 Å². The van der Waals surface area contributed by atoms with Gasteiger partial charge < -0.3 is 15.4 Å². The second-order valence-electron chi connectivity index (χ2n) is 7.15. The van der Waals surface area contributed by atoms with Gasteiger partial charge in [0.05, 0.1) is 6.54 Å². The molecule has 2 aromatic heterocycles. The van der Waals surface area contributed by atoms with Crippen LogP contribution < -0.4 is 15.4 Å². The topological polar surface area (TPSA) is 75.8 Å². The highest BCUT2D eigenvalue weighted by Crippen LogP contribution is 2.22. The third kappa shape index (κ3) is 5.82. The van der Waals surface area contributed by atoms with Crippen molar-refractivity contribution in [3.63, 3.8) is 0 Å². The lowest BCUT2D eigenvalue weighted by atomic mass is 10.1. The highest BCUT2D eigenvalue weighted by molar-refractivity contribution is 14.0. The van der Waals surface area contributed by atoms with Crippen molar-refractivity contribution in [2.45, 2.75) is 39.5 Å². The van der Waals surface area contributed by atoms with E-state index < -0.39 is 0 Å². The first-order valence-electron chi connectivity index (χ1n) is 8.96. The van der Waals surface area contributed by atoms with E-state index in [1.54, 1.807) is 7.05 Å². The summed E-state index contributed by atoms with van der Waals surface area (Å²) >= 11 is 0. The number of aromatic nitrogens is 3. The average Bonchev–Trinajstić information content (AvgIpc) is 3.05. The fourth-order valence-electron chi connectivity index (χ4n) is 2.65. The molecule has 3 aromatic rings. The molecule has 2 N–H and O–H groups in total. The van der Waals surface area contributed by atoms with Gasteiger partial charge in [-0.2, -0.15) is 0 Å². The summed E-state index contributed by atoms with van der Waals surface area (Å²) in [6.45, 7) is 7.25. The van der Waals surface area contributed by atoms with Crippen LogP contribution in [0.3, 0.4) is 0 Å². The molecule has 3 rings (SSSR count). The molecule has 0 aliphatic carbocycles. The molecule has 0 bridgehead atoms. The Morgan fingerprint density at radius 2 is 1.75 bits per heavy atom. The van der Waals surface area contributed by atoms with Crippen LogP contribution in [0.25, 0.3) is 5.65 Å². The Hall–Kier alpha value is -2.36. The number of nitrogens with one attached hydrogen (secondary N) is 2. The van der Waals surface area contributed by atoms with Crippen LogP contribution in [0.1, 0.15) is 32.2 Å². The fraction of sp³-hybridized carbons (Fsp3) is 0.350. The number of pyridine rings is 1. The molecule has 0 aliphatic rings. The van der Waals surface area contributed by atoms with Gasteiger partial charge in [-0.3, -0.25) is 9.39 Å². The number of fused-ring (bicyclic) bond motifs is 1. The van der Waals surface area contributed by atoms with E-state index in [0.29, 0.717) is 19.0 Å². The van der Waals surface area contributed by atoms with Crippen LogP contribution in [0.2, 0.25) is 0 Å². The number of hydrogen-bond donors (Lipinski definition) is 2. The van der Waals surface area contributed by atoms with E-state index >= 15 is 0 Å². The number of guanidine groups is 1. The van der Waals surface area contributed by atoms with Crippen molar-refractivity contribution in [1.82, 2.24) is 25.2 Å². The number of benzene rings is 1. The predicted octanol–water partition coefficient (Wildman–Crippen LogP) is 3.39. The lowest BCUT2D eigenvalue weighted by molar-refractivity contribution is 0.129. The zero-order valence-electron chi connectivity index (χ0n) is 16.6. The molecular weight excluding hydrogens is 467 g/mol. The molecule has 0 amide bonds. The molecule has 150 valence electrons. The number of hydrogen-bond acceptors (Lipinski definition) is 4. The first kappa shape index (κ1) is 21.9. The summed E-state index contributed by atoms with van der Waals surface area (Å²) in [6.07, 6.45) is 1.95. The highest BCUT2D eigenvalue weighted by Gasteiger charge is 2.14. The minimum atomic E-state index is -0.245. The third-order valence-corrected chi connectivity index (χ3v) is 3.86. The lowest BCUT2D eigenvalue weighted by Crippen LogP contribution is -2.37. The van der Waals surface area contributed by atoms with E-state index in [-0.39, 0.29) is 29.6 Å². The number of ether oxygens (including phenoxy) is 1. The number of nitrogens with zero attached hydrogens (tertiary/aromatic N) is 4. The summed E-state index contributed by atoms with van der Waals surface area (Å²) in [7, 11) is 1.74. The summed E-state index contributed by atoms with van der Waals surface area (Å²) in [5.74, 6) is 2.38. The van der Waals surface area contributed by atoms with Gasteiger partial charge in [-0.25, -0.2) is 0 Å². The number of rotatable bonds is 5. The Morgan fingerprint density at radius 1 is 1.04 bits per heavy atom. The Bertz CT molecular complexity index is 932. The molecule has 0 atom stereocenters. The van der Waals surface area contributed by atoms with Crippen LogP contribution in [-0.4, -0.2) is 33.2 Å². The van der Waals surface area contributed by atoms with Gasteiger partial charge in [0.15, 0.2) is 17.4 Å². The van der Waals surface area contributed by atoms with Crippen molar-refractivity contribution in [2.24, 2.45) is 4.99 Å². The van der Waals surface area contributed by atoms with Crippen LogP contribution in [0.15, 0.2) is 53.7 Å². The molecule has 2 heterocycles. The maximum atomic E-state index is 6.04. The third-order valence-electron chi connectivity index (χ3n) is 3.86. The second kappa shape index (κ2) is 9.72. The van der Waals surface area contributed by atoms with Gasteiger partial charge in [0.2, 0.25) is 0 Å². The van der Waals surface area contributed by atoms with Gasteiger partial charge in [-0.05, 0) is 39.0 Å². The van der Waals surface area contributed by atoms with E-state index in [9.17, 15) is 0 Å². The van der Waals surface area contributed by atoms with Gasteiger partial charge in [0.25, 0.3) is 0 Å². The normalized spacial score (nSPS) is 11.8. The van der Waals surface area contributed by atoms with Crippen LogP contribution in [0, 0.1) is 0 Å². The van der Waals surface area contributed by atoms with E-state index in [0.717, 1.165) is 22.8 Å². The molecule has 0 saturated heterocycles. The molecular formula is C20H27IN6O. The Labute approximate surface area is 182 Å². The molecule has 7 nitrogen and oxygen atoms in total. The van der Waals surface area contributed by atoms with E-state index in [1.165, 1.54) is 0 Å². The molecule has 0 spiro atoms. The maximum Gasteiger partial charge on any atom is 0.191 e. The maximum absolute atomic E-state index is 6.04. The summed E-state index contributed by atoms with van der Waals surface area (Å²) in [4.78, 5) is 4.28. The zero-order chi connectivity index (χ0) is 19.3. The van der Waals surface area contributed by atoms with Crippen LogP contribution in [0.5, 0.6) is 5.75 Å². The first-order valence-corrected chi connectivity index (χ1v) is 8.96. The van der Waals surface area contributed by atoms with Crippen LogP contribution in [0.4, 0.5) is 0 Å². The molecule has 8 heteroatoms. The number of aliphatic imine (C=N–C) groups is 1. The lowest BCUT2D eigenvalue weighted by Gasteiger charge is -2.23. The van der Waals surface area contributed by atoms with E-state index in [1.807, 2.05) is 73.8 Å². The number of halogens is 1. The largest absolute Gasteiger partial charge is 0.488 e. The molecule has 0 unspecified atom stereocenters. The summed E-state index contributed by atoms with van der Waals surface area (Å²) in [6, 6.07) is 13.8. The van der Waals surface area contributed by atoms with Crippen molar-refractivity contribution < 1.29 is 4.74 Å². The predicted molar refractivity (Wildman–Crippen MR) is 122 cm³/mol. The monoisotopic (exact) mass is 494 g/mol. The van der Waals surface area contributed by atoms with Gasteiger partial charge in [0, 0.05) is 25.4 Å². The summed E-state index contributed by atoms with van der Waals surface area (Å²) in [5.41, 5.74) is 1.65. The van der Waals surface area contributed by atoms with Crippen molar-refractivity contribution in [3.05, 3.63) is 60.0 Å². The fourth-order valence-corrected chi connectivity index (χ4v) is 2.65. The Balaban J connectivity index is 0.00000280. The van der Waals surface area contributed by atoms with Crippen molar-refractivity contribution >= 4 is 35.6 Å². The Kier molecular flexibility index (Phi) is 7.61. The minimum Gasteiger partial charge on any atom is -0.488 e. The minimum absolute atomic E-state index is 0.